The third kappa shape index (κ3) is 1.11. The summed E-state index contributed by atoms with van der Waals surface area (Å²) in [4.78, 5) is 23.8. The van der Waals surface area contributed by atoms with E-state index in [1.807, 2.05) is 0 Å². The van der Waals surface area contributed by atoms with Crippen LogP contribution in [0.5, 0.6) is 0 Å². The highest BCUT2D eigenvalue weighted by molar-refractivity contribution is 6.15. The first-order valence-electron chi connectivity index (χ1n) is 4.21. The summed E-state index contributed by atoms with van der Waals surface area (Å²) in [7, 11) is 0. The summed E-state index contributed by atoms with van der Waals surface area (Å²) in [5.74, 6) is -1.15. The van der Waals surface area contributed by atoms with E-state index in [1.165, 1.54) is 24.0 Å². The summed E-state index contributed by atoms with van der Waals surface area (Å²) in [6.07, 6.45) is 0. The molecule has 0 fully saturated rings. The van der Waals surface area contributed by atoms with Crippen molar-refractivity contribution >= 4 is 17.4 Å². The second-order valence-corrected chi connectivity index (χ2v) is 3.16. The zero-order chi connectivity index (χ0) is 10.3. The Morgan fingerprint density at radius 2 is 2.21 bits per heavy atom. The summed E-state index contributed by atoms with van der Waals surface area (Å²) >= 11 is 0. The molecule has 0 N–H and O–H groups in total. The van der Waals surface area contributed by atoms with Crippen LogP contribution in [0.4, 0.5) is 10.1 Å². The third-order valence-corrected chi connectivity index (χ3v) is 2.24. The van der Waals surface area contributed by atoms with Crippen LogP contribution in [-0.2, 0) is 4.79 Å². The highest BCUT2D eigenvalue weighted by Crippen LogP contribution is 2.29. The number of nitrogens with zero attached hydrogens (tertiary/aromatic N) is 1. The van der Waals surface area contributed by atoms with Crippen molar-refractivity contribution in [1.29, 1.82) is 0 Å². The lowest BCUT2D eigenvalue weighted by Crippen LogP contribution is -2.27. The number of Topliss-reactive ketones (excluding diaryl/α,β-unsaturated/α-hetero) is 1. The van der Waals surface area contributed by atoms with Gasteiger partial charge in [-0.1, -0.05) is 6.07 Å². The van der Waals surface area contributed by atoms with Gasteiger partial charge in [-0.15, -0.1) is 0 Å². The highest BCUT2D eigenvalue weighted by Gasteiger charge is 2.31. The molecular formula is C10H8FNO2. The van der Waals surface area contributed by atoms with Crippen LogP contribution in [0.1, 0.15) is 17.3 Å². The fourth-order valence-electron chi connectivity index (χ4n) is 1.60. The molecule has 1 heterocycles. The number of amides is 1. The molecule has 4 heteroatoms. The summed E-state index contributed by atoms with van der Waals surface area (Å²) in [5.41, 5.74) is 0.408. The van der Waals surface area contributed by atoms with Crippen molar-refractivity contribution in [1.82, 2.24) is 0 Å². The van der Waals surface area contributed by atoms with E-state index in [-0.39, 0.29) is 23.8 Å². The first kappa shape index (κ1) is 8.87. The Kier molecular flexibility index (Phi) is 1.84. The molecule has 0 saturated carbocycles. The molecule has 1 amide bonds. The molecule has 1 aromatic carbocycles. The van der Waals surface area contributed by atoms with E-state index in [1.54, 1.807) is 6.07 Å². The number of carbonyl (C=O) groups is 2. The zero-order valence-corrected chi connectivity index (χ0v) is 7.58. The van der Waals surface area contributed by atoms with Crippen LogP contribution < -0.4 is 4.90 Å². The lowest BCUT2D eigenvalue weighted by Gasteiger charge is -2.12. The van der Waals surface area contributed by atoms with E-state index in [0.29, 0.717) is 5.69 Å². The number of ketones is 1. The van der Waals surface area contributed by atoms with Crippen molar-refractivity contribution in [3.63, 3.8) is 0 Å². The first-order chi connectivity index (χ1) is 6.61. The SMILES string of the molecule is CC(=O)N1CC(=O)c2c(F)cccc21. The minimum atomic E-state index is -0.559. The smallest absolute Gasteiger partial charge is 0.224 e. The van der Waals surface area contributed by atoms with Gasteiger partial charge in [-0.3, -0.25) is 9.59 Å². The Morgan fingerprint density at radius 1 is 1.50 bits per heavy atom. The Balaban J connectivity index is 2.60. The molecule has 0 aromatic heterocycles. The van der Waals surface area contributed by atoms with Gasteiger partial charge in [-0.05, 0) is 12.1 Å². The third-order valence-electron chi connectivity index (χ3n) is 2.24. The number of hydrogen-bond donors (Lipinski definition) is 0. The van der Waals surface area contributed by atoms with Crippen molar-refractivity contribution in [3.05, 3.63) is 29.6 Å². The van der Waals surface area contributed by atoms with Crippen molar-refractivity contribution in [3.8, 4) is 0 Å². The molecule has 2 rings (SSSR count). The molecule has 0 saturated heterocycles. The number of hydrogen-bond acceptors (Lipinski definition) is 2. The Labute approximate surface area is 80.1 Å². The molecule has 0 unspecified atom stereocenters. The van der Waals surface area contributed by atoms with E-state index in [4.69, 9.17) is 0 Å². The van der Waals surface area contributed by atoms with Crippen LogP contribution in [0.3, 0.4) is 0 Å². The van der Waals surface area contributed by atoms with Crippen LogP contribution in [0.2, 0.25) is 0 Å². The molecule has 1 aliphatic heterocycles. The second-order valence-electron chi connectivity index (χ2n) is 3.16. The maximum absolute atomic E-state index is 13.2. The molecule has 0 aliphatic carbocycles. The minimum Gasteiger partial charge on any atom is -0.304 e. The average Bonchev–Trinajstić information content (AvgIpc) is 2.45. The van der Waals surface area contributed by atoms with E-state index in [2.05, 4.69) is 0 Å². The van der Waals surface area contributed by atoms with E-state index >= 15 is 0 Å². The van der Waals surface area contributed by atoms with Crippen molar-refractivity contribution in [2.75, 3.05) is 11.4 Å². The van der Waals surface area contributed by atoms with Crippen molar-refractivity contribution < 1.29 is 14.0 Å². The fourth-order valence-corrected chi connectivity index (χ4v) is 1.60. The minimum absolute atomic E-state index is 0.0303. The summed E-state index contributed by atoms with van der Waals surface area (Å²) in [6, 6.07) is 4.29. The average molecular weight is 193 g/mol. The molecule has 1 aliphatic rings. The van der Waals surface area contributed by atoms with E-state index in [0.717, 1.165) is 0 Å². The maximum Gasteiger partial charge on any atom is 0.224 e. The monoisotopic (exact) mass is 193 g/mol. The topological polar surface area (TPSA) is 37.4 Å². The molecule has 1 aromatic rings. The number of fused-ring (bicyclic) bond motifs is 1. The van der Waals surface area contributed by atoms with Crippen LogP contribution in [0, 0.1) is 5.82 Å². The summed E-state index contributed by atoms with van der Waals surface area (Å²) in [6.45, 7) is 1.30. The normalized spacial score (nSPS) is 14.4. The molecule has 0 spiro atoms. The van der Waals surface area contributed by atoms with E-state index < -0.39 is 5.82 Å². The number of rotatable bonds is 0. The summed E-state index contributed by atoms with van der Waals surface area (Å²) < 4.78 is 13.2. The fraction of sp³-hybridized carbons (Fsp3) is 0.200. The zero-order valence-electron chi connectivity index (χ0n) is 7.58. The Morgan fingerprint density at radius 3 is 2.86 bits per heavy atom. The van der Waals surface area contributed by atoms with Gasteiger partial charge < -0.3 is 4.90 Å². The molecular weight excluding hydrogens is 185 g/mol. The standard InChI is InChI=1S/C10H8FNO2/c1-6(13)12-5-9(14)10-7(11)3-2-4-8(10)12/h2-4H,5H2,1H3. The van der Waals surface area contributed by atoms with Gasteiger partial charge in [0.05, 0.1) is 17.8 Å². The van der Waals surface area contributed by atoms with Crippen LogP contribution in [0.15, 0.2) is 18.2 Å². The van der Waals surface area contributed by atoms with Gasteiger partial charge in [0.1, 0.15) is 5.82 Å². The largest absolute Gasteiger partial charge is 0.304 e. The van der Waals surface area contributed by atoms with E-state index in [9.17, 15) is 14.0 Å². The predicted molar refractivity (Wildman–Crippen MR) is 48.8 cm³/mol. The lowest BCUT2D eigenvalue weighted by molar-refractivity contribution is -0.116. The van der Waals surface area contributed by atoms with Gasteiger partial charge in [0, 0.05) is 6.92 Å². The lowest BCUT2D eigenvalue weighted by atomic mass is 10.1. The van der Waals surface area contributed by atoms with Crippen molar-refractivity contribution in [2.24, 2.45) is 0 Å². The van der Waals surface area contributed by atoms with Crippen molar-refractivity contribution in [2.45, 2.75) is 6.92 Å². The molecule has 14 heavy (non-hydrogen) atoms. The molecule has 3 nitrogen and oxygen atoms in total. The van der Waals surface area contributed by atoms with Gasteiger partial charge in [0.25, 0.3) is 0 Å². The Bertz CT molecular complexity index is 428. The van der Waals surface area contributed by atoms with Gasteiger partial charge in [-0.2, -0.15) is 0 Å². The number of anilines is 1. The van der Waals surface area contributed by atoms with Crippen LogP contribution in [0.25, 0.3) is 0 Å². The highest BCUT2D eigenvalue weighted by atomic mass is 19.1. The quantitative estimate of drug-likeness (QED) is 0.624. The van der Waals surface area contributed by atoms with Gasteiger partial charge >= 0.3 is 0 Å². The number of halogens is 1. The van der Waals surface area contributed by atoms with Crippen LogP contribution in [-0.4, -0.2) is 18.2 Å². The molecule has 0 atom stereocenters. The van der Waals surface area contributed by atoms with Gasteiger partial charge in [0.2, 0.25) is 5.91 Å². The molecule has 0 radical (unpaired) electrons. The van der Waals surface area contributed by atoms with Gasteiger partial charge in [0.15, 0.2) is 5.78 Å². The number of benzene rings is 1. The Hall–Kier alpha value is -1.71. The second kappa shape index (κ2) is 2.90. The maximum atomic E-state index is 13.2. The molecule has 72 valence electrons. The molecule has 0 bridgehead atoms. The number of carbonyl (C=O) groups excluding carboxylic acids is 2. The first-order valence-corrected chi connectivity index (χ1v) is 4.21. The van der Waals surface area contributed by atoms with Gasteiger partial charge in [-0.25, -0.2) is 4.39 Å². The summed E-state index contributed by atoms with van der Waals surface area (Å²) in [5, 5.41) is 0. The predicted octanol–water partition coefficient (Wildman–Crippen LogP) is 1.37. The van der Waals surface area contributed by atoms with Crippen LogP contribution >= 0.6 is 0 Å².